The van der Waals surface area contributed by atoms with E-state index in [-0.39, 0.29) is 12.6 Å². The number of nitrogens with zero attached hydrogens (tertiary/aromatic N) is 1. The van der Waals surface area contributed by atoms with Gasteiger partial charge in [-0.3, -0.25) is 0 Å². The summed E-state index contributed by atoms with van der Waals surface area (Å²) in [7, 11) is 0. The van der Waals surface area contributed by atoms with Crippen molar-refractivity contribution in [2.75, 3.05) is 13.1 Å². The van der Waals surface area contributed by atoms with E-state index in [9.17, 15) is 9.90 Å². The standard InChI is InChI=1S/C13H18N2O3/c16-12-9-15(13(17)18)7-6-11(12)14-8-10-4-2-1-3-5-10/h1-5,11-12,14,16H,6-9H2,(H,17,18)/t11-,12+/m0/s1. The maximum absolute atomic E-state index is 10.8. The van der Waals surface area contributed by atoms with Gasteiger partial charge in [-0.2, -0.15) is 0 Å². The minimum absolute atomic E-state index is 0.0409. The van der Waals surface area contributed by atoms with Gasteiger partial charge < -0.3 is 20.4 Å². The topological polar surface area (TPSA) is 72.8 Å². The summed E-state index contributed by atoms with van der Waals surface area (Å²) in [5.41, 5.74) is 1.16. The van der Waals surface area contributed by atoms with Crippen molar-refractivity contribution in [2.24, 2.45) is 0 Å². The molecule has 0 aromatic heterocycles. The number of hydrogen-bond donors (Lipinski definition) is 3. The average Bonchev–Trinajstić information content (AvgIpc) is 2.38. The maximum atomic E-state index is 10.8. The molecule has 0 spiro atoms. The Hall–Kier alpha value is -1.59. The number of benzene rings is 1. The smallest absolute Gasteiger partial charge is 0.407 e. The van der Waals surface area contributed by atoms with Crippen LogP contribution in [0.3, 0.4) is 0 Å². The van der Waals surface area contributed by atoms with Crippen LogP contribution in [-0.4, -0.2) is 46.4 Å². The summed E-state index contributed by atoms with van der Waals surface area (Å²) in [5, 5.41) is 22.0. The van der Waals surface area contributed by atoms with Gasteiger partial charge >= 0.3 is 6.09 Å². The van der Waals surface area contributed by atoms with E-state index in [0.29, 0.717) is 19.5 Å². The number of carboxylic acid groups (broad SMARTS) is 1. The van der Waals surface area contributed by atoms with E-state index >= 15 is 0 Å². The Balaban J connectivity index is 1.83. The monoisotopic (exact) mass is 250 g/mol. The predicted octanol–water partition coefficient (Wildman–Crippen LogP) is 0.889. The van der Waals surface area contributed by atoms with Gasteiger partial charge in [0, 0.05) is 19.1 Å². The van der Waals surface area contributed by atoms with Gasteiger partial charge in [0.15, 0.2) is 0 Å². The highest BCUT2D eigenvalue weighted by atomic mass is 16.4. The van der Waals surface area contributed by atoms with Crippen molar-refractivity contribution in [1.82, 2.24) is 10.2 Å². The number of aliphatic hydroxyl groups excluding tert-OH is 1. The molecule has 1 heterocycles. The molecule has 1 fully saturated rings. The van der Waals surface area contributed by atoms with Crippen molar-refractivity contribution in [3.05, 3.63) is 35.9 Å². The summed E-state index contributed by atoms with van der Waals surface area (Å²) >= 11 is 0. The SMILES string of the molecule is O=C(O)N1CC[C@H](NCc2ccccc2)[C@H](O)C1. The van der Waals surface area contributed by atoms with E-state index in [4.69, 9.17) is 5.11 Å². The van der Waals surface area contributed by atoms with Crippen LogP contribution in [0.5, 0.6) is 0 Å². The number of hydrogen-bond acceptors (Lipinski definition) is 3. The van der Waals surface area contributed by atoms with Gasteiger partial charge in [-0.05, 0) is 12.0 Å². The van der Waals surface area contributed by atoms with E-state index in [0.717, 1.165) is 5.56 Å². The summed E-state index contributed by atoms with van der Waals surface area (Å²) in [4.78, 5) is 12.0. The second-order valence-electron chi connectivity index (χ2n) is 4.56. The van der Waals surface area contributed by atoms with Gasteiger partial charge in [-0.15, -0.1) is 0 Å². The van der Waals surface area contributed by atoms with E-state index in [1.807, 2.05) is 30.3 Å². The van der Waals surface area contributed by atoms with Gasteiger partial charge in [-0.25, -0.2) is 4.79 Å². The lowest BCUT2D eigenvalue weighted by Crippen LogP contribution is -2.53. The molecular weight excluding hydrogens is 232 g/mol. The maximum Gasteiger partial charge on any atom is 0.407 e. The largest absolute Gasteiger partial charge is 0.465 e. The van der Waals surface area contributed by atoms with Crippen LogP contribution in [0.2, 0.25) is 0 Å². The lowest BCUT2D eigenvalue weighted by molar-refractivity contribution is 0.0407. The Kier molecular flexibility index (Phi) is 4.17. The fraction of sp³-hybridized carbons (Fsp3) is 0.462. The Morgan fingerprint density at radius 3 is 2.72 bits per heavy atom. The number of likely N-dealkylation sites (tertiary alicyclic amines) is 1. The van der Waals surface area contributed by atoms with Crippen molar-refractivity contribution < 1.29 is 15.0 Å². The van der Waals surface area contributed by atoms with E-state index in [2.05, 4.69) is 5.32 Å². The summed E-state index contributed by atoms with van der Waals surface area (Å²) in [6.45, 7) is 1.34. The highest BCUT2D eigenvalue weighted by Gasteiger charge is 2.29. The number of nitrogens with one attached hydrogen (secondary N) is 1. The molecule has 3 N–H and O–H groups in total. The molecule has 2 rings (SSSR count). The second-order valence-corrected chi connectivity index (χ2v) is 4.56. The molecule has 5 nitrogen and oxygen atoms in total. The third kappa shape index (κ3) is 3.21. The zero-order chi connectivity index (χ0) is 13.0. The van der Waals surface area contributed by atoms with Gasteiger partial charge in [-0.1, -0.05) is 30.3 Å². The fourth-order valence-corrected chi connectivity index (χ4v) is 2.19. The third-order valence-corrected chi connectivity index (χ3v) is 3.26. The first-order valence-electron chi connectivity index (χ1n) is 6.10. The predicted molar refractivity (Wildman–Crippen MR) is 67.3 cm³/mol. The molecular formula is C13H18N2O3. The highest BCUT2D eigenvalue weighted by Crippen LogP contribution is 2.12. The number of amides is 1. The van der Waals surface area contributed by atoms with Crippen molar-refractivity contribution in [3.63, 3.8) is 0 Å². The van der Waals surface area contributed by atoms with Crippen LogP contribution in [0.15, 0.2) is 30.3 Å². The van der Waals surface area contributed by atoms with Crippen LogP contribution < -0.4 is 5.32 Å². The number of β-amino-alcohol motifs (C(OH)–C–C–N with tert-alkyl or cyclic N) is 1. The van der Waals surface area contributed by atoms with Crippen LogP contribution in [-0.2, 0) is 6.54 Å². The van der Waals surface area contributed by atoms with E-state index in [1.54, 1.807) is 0 Å². The summed E-state index contributed by atoms with van der Waals surface area (Å²) in [6.07, 6.45) is -0.963. The zero-order valence-corrected chi connectivity index (χ0v) is 10.1. The molecule has 1 amide bonds. The van der Waals surface area contributed by atoms with Gasteiger partial charge in [0.05, 0.1) is 12.6 Å². The van der Waals surface area contributed by atoms with Crippen molar-refractivity contribution in [1.29, 1.82) is 0 Å². The molecule has 5 heteroatoms. The van der Waals surface area contributed by atoms with E-state index in [1.165, 1.54) is 4.90 Å². The lowest BCUT2D eigenvalue weighted by atomic mass is 10.0. The molecule has 0 radical (unpaired) electrons. The number of carbonyl (C=O) groups is 1. The minimum atomic E-state index is -0.962. The molecule has 1 aliphatic heterocycles. The van der Waals surface area contributed by atoms with Gasteiger partial charge in [0.1, 0.15) is 0 Å². The molecule has 0 bridgehead atoms. The van der Waals surface area contributed by atoms with Crippen molar-refractivity contribution >= 4 is 6.09 Å². The van der Waals surface area contributed by atoms with Gasteiger partial charge in [0.25, 0.3) is 0 Å². The highest BCUT2D eigenvalue weighted by molar-refractivity contribution is 5.65. The Morgan fingerprint density at radius 2 is 2.11 bits per heavy atom. The third-order valence-electron chi connectivity index (χ3n) is 3.26. The first-order chi connectivity index (χ1) is 8.66. The lowest BCUT2D eigenvalue weighted by Gasteiger charge is -2.34. The van der Waals surface area contributed by atoms with Crippen LogP contribution in [0.4, 0.5) is 4.79 Å². The van der Waals surface area contributed by atoms with Crippen molar-refractivity contribution in [3.8, 4) is 0 Å². The number of piperidine rings is 1. The Bertz CT molecular complexity index is 396. The normalized spacial score (nSPS) is 23.9. The Labute approximate surface area is 106 Å². The minimum Gasteiger partial charge on any atom is -0.465 e. The van der Waals surface area contributed by atoms with E-state index < -0.39 is 12.2 Å². The van der Waals surface area contributed by atoms with Crippen LogP contribution >= 0.6 is 0 Å². The summed E-state index contributed by atoms with van der Waals surface area (Å²) in [5.74, 6) is 0. The van der Waals surface area contributed by atoms with Gasteiger partial charge in [0.2, 0.25) is 0 Å². The molecule has 0 aliphatic carbocycles. The molecule has 98 valence electrons. The first-order valence-corrected chi connectivity index (χ1v) is 6.10. The molecule has 1 aromatic rings. The van der Waals surface area contributed by atoms with Crippen LogP contribution in [0, 0.1) is 0 Å². The number of aliphatic hydroxyl groups is 1. The zero-order valence-electron chi connectivity index (χ0n) is 10.1. The molecule has 0 unspecified atom stereocenters. The molecule has 0 saturated carbocycles. The second kappa shape index (κ2) is 5.84. The quantitative estimate of drug-likeness (QED) is 0.745. The molecule has 1 aliphatic rings. The fourth-order valence-electron chi connectivity index (χ4n) is 2.19. The Morgan fingerprint density at radius 1 is 1.39 bits per heavy atom. The molecule has 1 saturated heterocycles. The van der Waals surface area contributed by atoms with Crippen LogP contribution in [0.25, 0.3) is 0 Å². The average molecular weight is 250 g/mol. The number of rotatable bonds is 3. The molecule has 1 aromatic carbocycles. The molecule has 2 atom stereocenters. The van der Waals surface area contributed by atoms with Crippen LogP contribution in [0.1, 0.15) is 12.0 Å². The van der Waals surface area contributed by atoms with Crippen molar-refractivity contribution in [2.45, 2.75) is 25.1 Å². The summed E-state index contributed by atoms with van der Waals surface area (Å²) < 4.78 is 0. The summed E-state index contributed by atoms with van der Waals surface area (Å²) in [6, 6.07) is 9.91. The molecule has 18 heavy (non-hydrogen) atoms. The first kappa shape index (κ1) is 12.9.